The summed E-state index contributed by atoms with van der Waals surface area (Å²) in [4.78, 5) is 23.2. The Kier molecular flexibility index (Phi) is 7.53. The second-order valence-electron chi connectivity index (χ2n) is 7.95. The number of sulfonamides is 1. The first-order valence-electron chi connectivity index (χ1n) is 11.1. The van der Waals surface area contributed by atoms with Crippen LogP contribution in [-0.2, 0) is 23.1 Å². The van der Waals surface area contributed by atoms with Crippen LogP contribution in [0.3, 0.4) is 0 Å². The van der Waals surface area contributed by atoms with Gasteiger partial charge in [0.15, 0.2) is 0 Å². The first kappa shape index (κ1) is 24.8. The van der Waals surface area contributed by atoms with Gasteiger partial charge in [0.1, 0.15) is 0 Å². The summed E-state index contributed by atoms with van der Waals surface area (Å²) in [5, 5.41) is 14.0. The van der Waals surface area contributed by atoms with Crippen LogP contribution in [0.25, 0.3) is 11.1 Å². The maximum Gasteiger partial charge on any atom is 0.270 e. The van der Waals surface area contributed by atoms with Gasteiger partial charge in [0.25, 0.3) is 11.6 Å². The van der Waals surface area contributed by atoms with E-state index >= 15 is 0 Å². The number of carbonyl (C=O) groups excluding carboxylic acids is 1. The van der Waals surface area contributed by atoms with Crippen molar-refractivity contribution in [2.75, 3.05) is 0 Å². The van der Waals surface area contributed by atoms with Gasteiger partial charge in [0, 0.05) is 30.8 Å². The molecule has 2 N–H and O–H groups in total. The largest absolute Gasteiger partial charge is 0.348 e. The van der Waals surface area contributed by atoms with Gasteiger partial charge >= 0.3 is 0 Å². The number of hydrogen-bond donors (Lipinski definition) is 2. The SMILES string of the molecule is O=C(NCc1ccccc1)c1ccccc1-c1ccccc1CNS(=O)(=O)c1cccc([N+](=O)[O-])c1. The van der Waals surface area contributed by atoms with Crippen molar-refractivity contribution in [3.8, 4) is 11.1 Å². The van der Waals surface area contributed by atoms with Crippen LogP contribution in [0.2, 0.25) is 0 Å². The van der Waals surface area contributed by atoms with Gasteiger partial charge in [-0.25, -0.2) is 13.1 Å². The van der Waals surface area contributed by atoms with Crippen LogP contribution in [-0.4, -0.2) is 19.2 Å². The third kappa shape index (κ3) is 5.83. The summed E-state index contributed by atoms with van der Waals surface area (Å²) in [7, 11) is -4.01. The summed E-state index contributed by atoms with van der Waals surface area (Å²) in [5.74, 6) is -0.249. The normalized spacial score (nSPS) is 11.1. The van der Waals surface area contributed by atoms with Crippen LogP contribution in [0, 0.1) is 10.1 Å². The van der Waals surface area contributed by atoms with Crippen molar-refractivity contribution < 1.29 is 18.1 Å². The fourth-order valence-corrected chi connectivity index (χ4v) is 4.79. The van der Waals surface area contributed by atoms with E-state index in [9.17, 15) is 23.3 Å². The highest BCUT2D eigenvalue weighted by atomic mass is 32.2. The number of amides is 1. The molecule has 0 aliphatic carbocycles. The molecule has 182 valence electrons. The van der Waals surface area contributed by atoms with Crippen molar-refractivity contribution in [2.45, 2.75) is 18.0 Å². The van der Waals surface area contributed by atoms with Gasteiger partial charge in [-0.1, -0.05) is 78.9 Å². The molecular formula is C27H23N3O5S. The number of benzene rings is 4. The Balaban J connectivity index is 1.57. The number of nitrogens with one attached hydrogen (secondary N) is 2. The average Bonchev–Trinajstić information content (AvgIpc) is 2.91. The fraction of sp³-hybridized carbons (Fsp3) is 0.0741. The number of nitro benzene ring substituents is 1. The molecule has 0 radical (unpaired) electrons. The molecule has 36 heavy (non-hydrogen) atoms. The lowest BCUT2D eigenvalue weighted by Crippen LogP contribution is -2.24. The lowest BCUT2D eigenvalue weighted by atomic mass is 9.95. The van der Waals surface area contributed by atoms with Crippen LogP contribution in [0.4, 0.5) is 5.69 Å². The van der Waals surface area contributed by atoms with Crippen LogP contribution >= 0.6 is 0 Å². The molecule has 0 fully saturated rings. The van der Waals surface area contributed by atoms with Gasteiger partial charge in [0.05, 0.1) is 9.82 Å². The standard InChI is InChI=1S/C27H23N3O5S/c31-27(28-18-20-9-2-1-3-10-20)26-16-7-6-15-25(26)24-14-5-4-11-21(24)19-29-36(34,35)23-13-8-12-22(17-23)30(32)33/h1-17,29H,18-19H2,(H,28,31). The zero-order valence-electron chi connectivity index (χ0n) is 19.1. The maximum atomic E-state index is 13.0. The highest BCUT2D eigenvalue weighted by molar-refractivity contribution is 7.89. The summed E-state index contributed by atoms with van der Waals surface area (Å²) >= 11 is 0. The second-order valence-corrected chi connectivity index (χ2v) is 9.72. The highest BCUT2D eigenvalue weighted by Crippen LogP contribution is 2.28. The van der Waals surface area contributed by atoms with Gasteiger partial charge in [-0.15, -0.1) is 0 Å². The highest BCUT2D eigenvalue weighted by Gasteiger charge is 2.19. The summed E-state index contributed by atoms with van der Waals surface area (Å²) < 4.78 is 28.2. The van der Waals surface area contributed by atoms with E-state index in [-0.39, 0.29) is 23.0 Å². The smallest absolute Gasteiger partial charge is 0.270 e. The molecule has 0 bridgehead atoms. The minimum Gasteiger partial charge on any atom is -0.348 e. The molecule has 9 heteroatoms. The monoisotopic (exact) mass is 501 g/mol. The minimum atomic E-state index is -4.01. The van der Waals surface area contributed by atoms with E-state index in [1.807, 2.05) is 54.6 Å². The Morgan fingerprint density at radius 3 is 2.19 bits per heavy atom. The minimum absolute atomic E-state index is 0.0683. The Bertz CT molecular complexity index is 1500. The number of nitro groups is 1. The number of carbonyl (C=O) groups is 1. The van der Waals surface area contributed by atoms with Crippen molar-refractivity contribution in [2.24, 2.45) is 0 Å². The maximum absolute atomic E-state index is 13.0. The van der Waals surface area contributed by atoms with E-state index in [1.54, 1.807) is 24.3 Å². The van der Waals surface area contributed by atoms with E-state index in [0.717, 1.165) is 11.6 Å². The Hall–Kier alpha value is -4.34. The van der Waals surface area contributed by atoms with E-state index < -0.39 is 14.9 Å². The van der Waals surface area contributed by atoms with Crippen molar-refractivity contribution in [3.05, 3.63) is 130 Å². The zero-order chi connectivity index (χ0) is 25.5. The molecule has 0 unspecified atom stereocenters. The van der Waals surface area contributed by atoms with Crippen LogP contribution in [0.1, 0.15) is 21.5 Å². The number of rotatable bonds is 9. The first-order valence-corrected chi connectivity index (χ1v) is 12.6. The molecule has 4 rings (SSSR count). The second kappa shape index (κ2) is 10.9. The molecule has 4 aromatic carbocycles. The van der Waals surface area contributed by atoms with Gasteiger partial charge in [-0.05, 0) is 34.4 Å². The number of non-ortho nitro benzene ring substituents is 1. The van der Waals surface area contributed by atoms with Crippen molar-refractivity contribution >= 4 is 21.6 Å². The van der Waals surface area contributed by atoms with E-state index in [4.69, 9.17) is 0 Å². The Labute approximate surface area is 208 Å². The summed E-state index contributed by atoms with van der Waals surface area (Å²) in [6.45, 7) is 0.305. The average molecular weight is 502 g/mol. The van der Waals surface area contributed by atoms with Crippen LogP contribution in [0.5, 0.6) is 0 Å². The molecule has 0 aliphatic heterocycles. The molecule has 1 amide bonds. The van der Waals surface area contributed by atoms with Crippen LogP contribution < -0.4 is 10.0 Å². The molecule has 4 aromatic rings. The quantitative estimate of drug-likeness (QED) is 0.255. The molecule has 0 aromatic heterocycles. The number of nitrogens with zero attached hydrogens (tertiary/aromatic N) is 1. The molecule has 8 nitrogen and oxygen atoms in total. The molecule has 0 heterocycles. The summed E-state index contributed by atoms with van der Waals surface area (Å²) in [6, 6.07) is 28.7. The topological polar surface area (TPSA) is 118 Å². The molecule has 0 saturated heterocycles. The van der Waals surface area contributed by atoms with E-state index in [2.05, 4.69) is 10.0 Å². The van der Waals surface area contributed by atoms with Crippen LogP contribution in [0.15, 0.2) is 108 Å². The Morgan fingerprint density at radius 2 is 1.44 bits per heavy atom. The van der Waals surface area contributed by atoms with Gasteiger partial charge in [0.2, 0.25) is 10.0 Å². The lowest BCUT2D eigenvalue weighted by Gasteiger charge is -2.15. The van der Waals surface area contributed by atoms with Crippen molar-refractivity contribution in [3.63, 3.8) is 0 Å². The van der Waals surface area contributed by atoms with Crippen molar-refractivity contribution in [1.82, 2.24) is 10.0 Å². The van der Waals surface area contributed by atoms with Gasteiger partial charge in [-0.3, -0.25) is 14.9 Å². The predicted molar refractivity (Wildman–Crippen MR) is 137 cm³/mol. The third-order valence-corrected chi connectivity index (χ3v) is 6.97. The van der Waals surface area contributed by atoms with Gasteiger partial charge in [-0.2, -0.15) is 0 Å². The number of hydrogen-bond acceptors (Lipinski definition) is 5. The summed E-state index contributed by atoms with van der Waals surface area (Å²) in [6.07, 6.45) is 0. The molecule has 0 atom stereocenters. The Morgan fingerprint density at radius 1 is 0.778 bits per heavy atom. The molecule has 0 aliphatic rings. The molecule has 0 saturated carbocycles. The first-order chi connectivity index (χ1) is 17.3. The third-order valence-electron chi connectivity index (χ3n) is 5.57. The van der Waals surface area contributed by atoms with Crippen molar-refractivity contribution in [1.29, 1.82) is 0 Å². The van der Waals surface area contributed by atoms with E-state index in [1.165, 1.54) is 18.2 Å². The summed E-state index contributed by atoms with van der Waals surface area (Å²) in [5.41, 5.74) is 3.13. The lowest BCUT2D eigenvalue weighted by molar-refractivity contribution is -0.385. The van der Waals surface area contributed by atoms with Gasteiger partial charge < -0.3 is 5.32 Å². The molecular weight excluding hydrogens is 478 g/mol. The molecule has 0 spiro atoms. The van der Waals surface area contributed by atoms with E-state index in [0.29, 0.717) is 28.8 Å². The zero-order valence-corrected chi connectivity index (χ0v) is 19.9. The fourth-order valence-electron chi connectivity index (χ4n) is 3.75. The predicted octanol–water partition coefficient (Wildman–Crippen LogP) is 4.67.